The van der Waals surface area contributed by atoms with Crippen molar-refractivity contribution in [3.63, 3.8) is 0 Å². The van der Waals surface area contributed by atoms with Crippen LogP contribution in [0.1, 0.15) is 128 Å². The van der Waals surface area contributed by atoms with Gasteiger partial charge in [-0.2, -0.15) is 0 Å². The molecule has 17 nitrogen and oxygen atoms in total. The third-order valence-electron chi connectivity index (χ3n) is 20.0. The first-order valence-corrected chi connectivity index (χ1v) is 31.2. The summed E-state index contributed by atoms with van der Waals surface area (Å²) in [5, 5.41) is 9.23. The van der Waals surface area contributed by atoms with Gasteiger partial charge in [0.25, 0.3) is 5.91 Å². The normalized spacial score (nSPS) is 27.8. The zero-order valence-corrected chi connectivity index (χ0v) is 49.6. The van der Waals surface area contributed by atoms with Crippen molar-refractivity contribution in [2.24, 2.45) is 29.1 Å². The molecular formula is C65H88N10O7. The number of piperazine rings is 1. The van der Waals surface area contributed by atoms with E-state index < -0.39 is 35.4 Å². The van der Waals surface area contributed by atoms with Crippen LogP contribution in [0.3, 0.4) is 0 Å². The molecular weight excluding hydrogens is 1030 g/mol. The fraction of sp³-hybridized carbons (Fsp3) is 0.631. The topological polar surface area (TPSA) is 184 Å². The largest absolute Gasteiger partial charge is 0.464 e. The summed E-state index contributed by atoms with van der Waals surface area (Å²) < 4.78 is 14.8. The summed E-state index contributed by atoms with van der Waals surface area (Å²) in [5.74, 6) is -1.26. The highest BCUT2D eigenvalue weighted by atomic mass is 16.5. The summed E-state index contributed by atoms with van der Waals surface area (Å²) in [4.78, 5) is 87.0. The SMILES string of the molecule is CCn1c(-c2cc(N3CCN4CCCC[C@@H]4C3)cnc2[C@H](C)OC)c2c3cc(ccc31)-c1cccc(c1)C[C@H](NC(=O)[C@H](C1CCCC1)N(C)C(=O)[C@H]1CN(C(=O)[C@@H]3N[C@@H]3C3CC3)C[C@H]1C)C(=O)N1CCC[C@H](N1)C(=O)OCC(C)(C)C2. The Kier molecular flexibility index (Phi) is 16.1. The van der Waals surface area contributed by atoms with Gasteiger partial charge < -0.3 is 34.1 Å². The van der Waals surface area contributed by atoms with Gasteiger partial charge in [-0.1, -0.05) is 70.4 Å². The molecule has 0 radical (unpaired) electrons. The minimum atomic E-state index is -1.03. The summed E-state index contributed by atoms with van der Waals surface area (Å²) in [7, 11) is 3.48. The second kappa shape index (κ2) is 23.3. The lowest BCUT2D eigenvalue weighted by Crippen LogP contribution is -2.62. The number of carbonyl (C=O) groups is 5. The van der Waals surface area contributed by atoms with Crippen molar-refractivity contribution in [1.29, 1.82) is 0 Å². The number of hydrogen-bond donors (Lipinski definition) is 3. The van der Waals surface area contributed by atoms with E-state index in [9.17, 15) is 14.4 Å². The second-order valence-corrected chi connectivity index (χ2v) is 26.4. The second-order valence-electron chi connectivity index (χ2n) is 26.4. The predicted molar refractivity (Wildman–Crippen MR) is 316 cm³/mol. The number of likely N-dealkylation sites (N-methyl/N-ethyl adjacent to an activating group) is 1. The van der Waals surface area contributed by atoms with Crippen LogP contribution in [-0.4, -0.2) is 162 Å². The monoisotopic (exact) mass is 1120 g/mol. The third kappa shape index (κ3) is 11.3. The van der Waals surface area contributed by atoms with Crippen molar-refractivity contribution in [3.05, 3.63) is 71.5 Å². The number of cyclic esters (lactones) is 1. The van der Waals surface area contributed by atoms with Crippen molar-refractivity contribution in [2.75, 3.05) is 71.5 Å². The number of piperidine rings is 1. The molecule has 8 heterocycles. The van der Waals surface area contributed by atoms with Crippen LogP contribution < -0.4 is 21.0 Å². The number of hydrogen-bond acceptors (Lipinski definition) is 12. The van der Waals surface area contributed by atoms with Crippen LogP contribution >= 0.6 is 0 Å². The number of methoxy groups -OCH3 is 1. The molecule has 3 N–H and O–H groups in total. The van der Waals surface area contributed by atoms with Gasteiger partial charge in [-0.05, 0) is 136 Å². The van der Waals surface area contributed by atoms with Gasteiger partial charge in [0.2, 0.25) is 17.7 Å². The van der Waals surface area contributed by atoms with Crippen LogP contribution in [0, 0.1) is 29.1 Å². The van der Waals surface area contributed by atoms with Crippen LogP contribution in [0.25, 0.3) is 33.3 Å². The molecule has 8 aliphatic rings. The van der Waals surface area contributed by atoms with Gasteiger partial charge in [-0.3, -0.25) is 44.2 Å². The smallest absolute Gasteiger partial charge is 0.324 e. The Balaban J connectivity index is 0.886. The van der Waals surface area contributed by atoms with Crippen LogP contribution in [0.2, 0.25) is 0 Å². The molecule has 440 valence electrons. The maximum Gasteiger partial charge on any atom is 0.324 e. The van der Waals surface area contributed by atoms with Crippen molar-refractivity contribution in [3.8, 4) is 22.4 Å². The minimum Gasteiger partial charge on any atom is -0.464 e. The van der Waals surface area contributed by atoms with Crippen molar-refractivity contribution < 1.29 is 33.4 Å². The third-order valence-corrected chi connectivity index (χ3v) is 20.0. The molecule has 6 bridgehead atoms. The molecule has 6 aliphatic heterocycles. The summed E-state index contributed by atoms with van der Waals surface area (Å²) in [6.07, 6.45) is 13.1. The van der Waals surface area contributed by atoms with Gasteiger partial charge in [-0.15, -0.1) is 0 Å². The zero-order chi connectivity index (χ0) is 57.1. The van der Waals surface area contributed by atoms with Crippen molar-refractivity contribution in [1.82, 2.24) is 45.3 Å². The number of pyridine rings is 1. The maximum absolute atomic E-state index is 15.2. The predicted octanol–water partition coefficient (Wildman–Crippen LogP) is 7.28. The Bertz CT molecular complexity index is 3080. The van der Waals surface area contributed by atoms with Crippen LogP contribution in [0.15, 0.2) is 54.7 Å². The van der Waals surface area contributed by atoms with Crippen LogP contribution in [0.4, 0.5) is 5.69 Å². The highest BCUT2D eigenvalue weighted by molar-refractivity contribution is 5.97. The average molecular weight is 1120 g/mol. The number of anilines is 1. The number of esters is 1. The first-order chi connectivity index (χ1) is 39.6. The van der Waals surface area contributed by atoms with E-state index in [1.807, 2.05) is 30.2 Å². The van der Waals surface area contributed by atoms with E-state index in [-0.39, 0.29) is 66.7 Å². The molecule has 12 rings (SSSR count). The zero-order valence-electron chi connectivity index (χ0n) is 49.6. The summed E-state index contributed by atoms with van der Waals surface area (Å²) in [5.41, 5.74) is 11.9. The Hall–Kier alpha value is -5.88. The molecule has 5 saturated heterocycles. The van der Waals surface area contributed by atoms with E-state index in [4.69, 9.17) is 14.5 Å². The molecule has 7 fully saturated rings. The molecule has 2 aromatic heterocycles. The van der Waals surface area contributed by atoms with Crippen LogP contribution in [-0.2, 0) is 52.8 Å². The lowest BCUT2D eigenvalue weighted by Gasteiger charge is -2.45. The Morgan fingerprint density at radius 2 is 1.71 bits per heavy atom. The molecule has 4 aromatic rings. The van der Waals surface area contributed by atoms with Crippen molar-refractivity contribution >= 4 is 46.2 Å². The van der Waals surface area contributed by atoms with E-state index in [0.29, 0.717) is 57.4 Å². The number of benzene rings is 2. The number of nitrogens with zero attached hydrogens (tertiary/aromatic N) is 7. The Labute approximate surface area is 484 Å². The van der Waals surface area contributed by atoms with Gasteiger partial charge in [0.15, 0.2) is 0 Å². The lowest BCUT2D eigenvalue weighted by atomic mass is 9.84. The quantitative estimate of drug-likeness (QED) is 0.0954. The van der Waals surface area contributed by atoms with E-state index in [2.05, 4.69) is 94.5 Å². The molecule has 9 atom stereocenters. The number of ether oxygens (including phenoxy) is 2. The molecule has 82 heavy (non-hydrogen) atoms. The number of aromatic nitrogens is 2. The maximum atomic E-state index is 15.2. The fourth-order valence-corrected chi connectivity index (χ4v) is 15.1. The van der Waals surface area contributed by atoms with Crippen LogP contribution in [0.5, 0.6) is 0 Å². The van der Waals surface area contributed by atoms with E-state index in [0.717, 1.165) is 114 Å². The molecule has 0 unspecified atom stereocenters. The number of aryl methyl sites for hydroxylation is 1. The standard InChI is InChI=1S/C65H88N10O7/c1-8-74-54-24-23-45-31-48(54)50(59(74)49-32-47(34-66-55(49)40(3)81-7)72-28-27-71-25-12-11-19-46(71)36-72)33-65(4,5)38-82-64(80)52-20-14-26-75(69-52)62(78)53(30-41-15-13-18-44(45)29-41)67-60(76)58(43-16-9-10-17-43)70(6)61(77)51-37-73(35-39(51)2)63(79)57-56(68-57)42-21-22-42/h13,15,18,23-24,29,31-32,34,39-40,42-43,46,51-53,56-58,68-69H,8-12,14,16-17,19-22,25-28,30,33,35-38H2,1-7H3,(H,67,76)/t39-,40+,46-,51+,52+,53+,56-,57-,58+/m1/s1. The number of hydrazine groups is 1. The number of nitrogens with one attached hydrogen (secondary N) is 3. The summed E-state index contributed by atoms with van der Waals surface area (Å²) in [6, 6.07) is 15.3. The Morgan fingerprint density at radius 1 is 0.915 bits per heavy atom. The molecule has 2 aliphatic carbocycles. The first kappa shape index (κ1) is 56.6. The minimum absolute atomic E-state index is 0.0729. The molecule has 17 heteroatoms. The molecule has 2 saturated carbocycles. The van der Waals surface area contributed by atoms with Gasteiger partial charge >= 0.3 is 5.97 Å². The highest BCUT2D eigenvalue weighted by Gasteiger charge is 2.54. The van der Waals surface area contributed by atoms with E-state index in [1.165, 1.54) is 30.8 Å². The van der Waals surface area contributed by atoms with E-state index >= 15 is 9.59 Å². The highest BCUT2D eigenvalue weighted by Crippen LogP contribution is 2.45. The van der Waals surface area contributed by atoms with Gasteiger partial charge in [0.05, 0.1) is 41.9 Å². The number of amides is 4. The number of likely N-dealkylation sites (tertiary alicyclic amines) is 1. The first-order valence-electron chi connectivity index (χ1n) is 31.2. The Morgan fingerprint density at radius 3 is 2.49 bits per heavy atom. The molecule has 0 spiro atoms. The average Bonchev–Trinajstić information content (AvgIpc) is 2.82. The molecule has 4 amide bonds. The van der Waals surface area contributed by atoms with E-state index in [1.54, 1.807) is 19.1 Å². The number of carbonyl (C=O) groups excluding carboxylic acids is 5. The fourth-order valence-electron chi connectivity index (χ4n) is 15.1. The van der Waals surface area contributed by atoms with Gasteiger partial charge in [-0.25, -0.2) is 5.43 Å². The van der Waals surface area contributed by atoms with Gasteiger partial charge in [0, 0.05) is 100 Å². The summed E-state index contributed by atoms with van der Waals surface area (Å²) in [6.45, 7) is 16.8. The van der Waals surface area contributed by atoms with Crippen molar-refractivity contribution in [2.45, 2.75) is 167 Å². The number of rotatable bonds is 12. The number of fused-ring (bicyclic) bond motifs is 7. The molecule has 2 aromatic carbocycles. The lowest BCUT2D eigenvalue weighted by molar-refractivity contribution is -0.155. The van der Waals surface area contributed by atoms with Gasteiger partial charge in [0.1, 0.15) is 24.2 Å². The summed E-state index contributed by atoms with van der Waals surface area (Å²) >= 11 is 0.